The molecule has 2 aromatic rings. The van der Waals surface area contributed by atoms with Crippen molar-refractivity contribution in [2.24, 2.45) is 0 Å². The highest BCUT2D eigenvalue weighted by atomic mass is 32.1. The molecule has 21 heavy (non-hydrogen) atoms. The van der Waals surface area contributed by atoms with Gasteiger partial charge in [0.1, 0.15) is 5.82 Å². The Kier molecular flexibility index (Phi) is 4.80. The van der Waals surface area contributed by atoms with Crippen molar-refractivity contribution >= 4 is 28.7 Å². The van der Waals surface area contributed by atoms with Crippen molar-refractivity contribution in [2.45, 2.75) is 25.8 Å². The van der Waals surface area contributed by atoms with Gasteiger partial charge in [0.15, 0.2) is 0 Å². The predicted molar refractivity (Wildman–Crippen MR) is 83.4 cm³/mol. The number of carboxylic acid groups (broad SMARTS) is 1. The molecule has 0 fully saturated rings. The Morgan fingerprint density at radius 1 is 1.52 bits per heavy atom. The fourth-order valence-corrected chi connectivity index (χ4v) is 2.94. The van der Waals surface area contributed by atoms with Gasteiger partial charge in [0, 0.05) is 4.88 Å². The van der Waals surface area contributed by atoms with Crippen LogP contribution in [0.2, 0.25) is 0 Å². The van der Waals surface area contributed by atoms with Gasteiger partial charge in [-0.3, -0.25) is 0 Å². The zero-order chi connectivity index (χ0) is 15.4. The second kappa shape index (κ2) is 6.58. The van der Waals surface area contributed by atoms with Gasteiger partial charge in [-0.1, -0.05) is 19.4 Å². The fraction of sp³-hybridized carbons (Fsp3) is 0.267. The molecule has 1 unspecified atom stereocenters. The first-order valence-electron chi connectivity index (χ1n) is 6.65. The van der Waals surface area contributed by atoms with E-state index in [-0.39, 0.29) is 11.7 Å². The Balaban J connectivity index is 2.29. The van der Waals surface area contributed by atoms with E-state index in [1.165, 1.54) is 0 Å². The van der Waals surface area contributed by atoms with Crippen LogP contribution in [-0.2, 0) is 0 Å². The third kappa shape index (κ3) is 3.52. The van der Waals surface area contributed by atoms with E-state index < -0.39 is 17.3 Å². The Morgan fingerprint density at radius 2 is 2.29 bits per heavy atom. The highest BCUT2D eigenvalue weighted by Crippen LogP contribution is 2.31. The number of benzene rings is 1. The maximum atomic E-state index is 13.8. The first-order valence-corrected chi connectivity index (χ1v) is 7.53. The van der Waals surface area contributed by atoms with Crippen LogP contribution in [0.4, 0.5) is 15.8 Å². The number of aromatic carboxylic acids is 1. The summed E-state index contributed by atoms with van der Waals surface area (Å²) in [6.45, 7) is 2.07. The molecule has 0 amide bonds. The summed E-state index contributed by atoms with van der Waals surface area (Å²) >= 11 is 1.62. The normalized spacial score (nSPS) is 12.1. The van der Waals surface area contributed by atoms with Crippen LogP contribution in [0.5, 0.6) is 0 Å². The van der Waals surface area contributed by atoms with Crippen LogP contribution in [0.1, 0.15) is 41.0 Å². The van der Waals surface area contributed by atoms with Crippen LogP contribution in [0.25, 0.3) is 0 Å². The van der Waals surface area contributed by atoms with E-state index in [1.807, 2.05) is 17.5 Å². The van der Waals surface area contributed by atoms with Crippen molar-refractivity contribution in [3.8, 4) is 0 Å². The first kappa shape index (κ1) is 15.3. The summed E-state index contributed by atoms with van der Waals surface area (Å²) in [7, 11) is 0. The SMILES string of the molecule is CCCC(Nc1cc(F)c(C(=O)O)cc1N)c1cccs1. The Labute approximate surface area is 126 Å². The number of hydrogen-bond acceptors (Lipinski definition) is 4. The smallest absolute Gasteiger partial charge is 0.338 e. The molecule has 1 atom stereocenters. The number of nitrogen functional groups attached to an aromatic ring is 1. The number of carboxylic acids is 1. The van der Waals surface area contributed by atoms with E-state index in [2.05, 4.69) is 12.2 Å². The summed E-state index contributed by atoms with van der Waals surface area (Å²) in [5, 5.41) is 14.1. The lowest BCUT2D eigenvalue weighted by atomic mass is 10.1. The molecule has 1 heterocycles. The maximum absolute atomic E-state index is 13.8. The van der Waals surface area contributed by atoms with Crippen molar-refractivity contribution < 1.29 is 14.3 Å². The molecular weight excluding hydrogens is 291 g/mol. The van der Waals surface area contributed by atoms with Crippen LogP contribution in [-0.4, -0.2) is 11.1 Å². The number of anilines is 2. The summed E-state index contributed by atoms with van der Waals surface area (Å²) in [4.78, 5) is 12.0. The average molecular weight is 308 g/mol. The van der Waals surface area contributed by atoms with Gasteiger partial charge in [-0.15, -0.1) is 11.3 Å². The number of hydrogen-bond donors (Lipinski definition) is 3. The third-order valence-electron chi connectivity index (χ3n) is 3.16. The minimum Gasteiger partial charge on any atom is -0.478 e. The molecule has 0 saturated carbocycles. The van der Waals surface area contributed by atoms with Crippen LogP contribution >= 0.6 is 11.3 Å². The molecule has 0 aliphatic rings. The quantitative estimate of drug-likeness (QED) is 0.702. The molecule has 4 nitrogen and oxygen atoms in total. The topological polar surface area (TPSA) is 75.3 Å². The van der Waals surface area contributed by atoms with Gasteiger partial charge < -0.3 is 16.2 Å². The molecule has 0 aliphatic heterocycles. The molecule has 1 aromatic heterocycles. The number of nitrogens with two attached hydrogens (primary N) is 1. The number of nitrogens with one attached hydrogen (secondary N) is 1. The Morgan fingerprint density at radius 3 is 2.86 bits per heavy atom. The van der Waals surface area contributed by atoms with Crippen molar-refractivity contribution in [1.29, 1.82) is 0 Å². The van der Waals surface area contributed by atoms with E-state index in [9.17, 15) is 9.18 Å². The lowest BCUT2D eigenvalue weighted by molar-refractivity contribution is 0.0692. The summed E-state index contributed by atoms with van der Waals surface area (Å²) in [5.74, 6) is -2.12. The monoisotopic (exact) mass is 308 g/mol. The summed E-state index contributed by atoms with van der Waals surface area (Å²) in [6.07, 6.45) is 1.84. The molecule has 2 rings (SSSR count). The highest BCUT2D eigenvalue weighted by Gasteiger charge is 2.17. The van der Waals surface area contributed by atoms with Crippen molar-refractivity contribution in [1.82, 2.24) is 0 Å². The van der Waals surface area contributed by atoms with Gasteiger partial charge in [0.2, 0.25) is 0 Å². The van der Waals surface area contributed by atoms with Gasteiger partial charge in [0.25, 0.3) is 0 Å². The Hall–Kier alpha value is -2.08. The third-order valence-corrected chi connectivity index (χ3v) is 4.15. The van der Waals surface area contributed by atoms with Gasteiger partial charge in [0.05, 0.1) is 23.0 Å². The van der Waals surface area contributed by atoms with Crippen molar-refractivity contribution in [3.05, 3.63) is 45.9 Å². The molecular formula is C15H17FN2O2S. The second-order valence-electron chi connectivity index (χ2n) is 4.73. The molecule has 0 radical (unpaired) electrons. The van der Waals surface area contributed by atoms with Crippen molar-refractivity contribution in [2.75, 3.05) is 11.1 Å². The molecule has 1 aromatic carbocycles. The first-order chi connectivity index (χ1) is 10.0. The summed E-state index contributed by atoms with van der Waals surface area (Å²) < 4.78 is 13.8. The van der Waals surface area contributed by atoms with E-state index in [0.29, 0.717) is 5.69 Å². The number of thiophene rings is 1. The largest absolute Gasteiger partial charge is 0.478 e. The number of rotatable bonds is 6. The minimum atomic E-state index is -1.32. The van der Waals surface area contributed by atoms with E-state index >= 15 is 0 Å². The zero-order valence-corrected chi connectivity index (χ0v) is 12.4. The van der Waals surface area contributed by atoms with E-state index in [0.717, 1.165) is 29.9 Å². The number of carbonyl (C=O) groups is 1. The van der Waals surface area contributed by atoms with E-state index in [4.69, 9.17) is 10.8 Å². The molecule has 0 saturated heterocycles. The Bertz CT molecular complexity index is 629. The molecule has 0 bridgehead atoms. The zero-order valence-electron chi connectivity index (χ0n) is 11.6. The van der Waals surface area contributed by atoms with Gasteiger partial charge in [-0.05, 0) is 30.0 Å². The van der Waals surface area contributed by atoms with Crippen molar-refractivity contribution in [3.63, 3.8) is 0 Å². The molecule has 6 heteroatoms. The van der Waals surface area contributed by atoms with E-state index in [1.54, 1.807) is 11.3 Å². The van der Waals surface area contributed by atoms with Crippen LogP contribution in [0, 0.1) is 5.82 Å². The minimum absolute atomic E-state index is 0.0346. The van der Waals surface area contributed by atoms with Crippen LogP contribution in [0.15, 0.2) is 29.6 Å². The second-order valence-corrected chi connectivity index (χ2v) is 5.70. The van der Waals surface area contributed by atoms with Crippen LogP contribution < -0.4 is 11.1 Å². The molecule has 4 N–H and O–H groups in total. The molecule has 112 valence electrons. The highest BCUT2D eigenvalue weighted by molar-refractivity contribution is 7.10. The average Bonchev–Trinajstić information content (AvgIpc) is 2.95. The lowest BCUT2D eigenvalue weighted by Crippen LogP contribution is -2.12. The predicted octanol–water partition coefficient (Wildman–Crippen LogP) is 4.12. The van der Waals surface area contributed by atoms with Gasteiger partial charge in [-0.2, -0.15) is 0 Å². The molecule has 0 spiro atoms. The maximum Gasteiger partial charge on any atom is 0.338 e. The molecule has 0 aliphatic carbocycles. The standard InChI is InChI=1S/C15H17FN2O2S/c1-2-4-12(14-5-3-6-21-14)18-13-8-10(16)9(15(19)20)7-11(13)17/h3,5-8,12,18H,2,4,17H2,1H3,(H,19,20). The number of halogens is 1. The summed E-state index contributed by atoms with van der Waals surface area (Å²) in [6, 6.07) is 6.30. The summed E-state index contributed by atoms with van der Waals surface area (Å²) in [5.41, 5.74) is 6.07. The lowest BCUT2D eigenvalue weighted by Gasteiger charge is -2.20. The fourth-order valence-electron chi connectivity index (χ4n) is 2.13. The van der Waals surface area contributed by atoms with Crippen LogP contribution in [0.3, 0.4) is 0 Å². The van der Waals surface area contributed by atoms with Gasteiger partial charge in [-0.25, -0.2) is 9.18 Å². The van der Waals surface area contributed by atoms with Gasteiger partial charge >= 0.3 is 5.97 Å².